The van der Waals surface area contributed by atoms with Gasteiger partial charge in [0.2, 0.25) is 0 Å². The van der Waals surface area contributed by atoms with Crippen LogP contribution in [0.5, 0.6) is 0 Å². The number of nitrogens with one attached hydrogen (secondary N) is 1. The van der Waals surface area contributed by atoms with Gasteiger partial charge in [-0.2, -0.15) is 11.3 Å². The summed E-state index contributed by atoms with van der Waals surface area (Å²) in [4.78, 5) is 27.0. The fraction of sp³-hybridized carbons (Fsp3) is 0.471. The summed E-state index contributed by atoms with van der Waals surface area (Å²) >= 11 is 1.71. The highest BCUT2D eigenvalue weighted by Crippen LogP contribution is 2.18. The van der Waals surface area contributed by atoms with Crippen molar-refractivity contribution in [2.24, 2.45) is 4.99 Å². The van der Waals surface area contributed by atoms with Gasteiger partial charge < -0.3 is 4.98 Å². The number of rotatable bonds is 3. The molecule has 120 valence electrons. The highest BCUT2D eigenvalue weighted by Gasteiger charge is 2.22. The van der Waals surface area contributed by atoms with Crippen LogP contribution < -0.4 is 5.56 Å². The molecule has 2 aliphatic heterocycles. The van der Waals surface area contributed by atoms with Crippen molar-refractivity contribution in [1.82, 2.24) is 14.9 Å². The van der Waals surface area contributed by atoms with E-state index >= 15 is 0 Å². The molecule has 0 bridgehead atoms. The first-order valence-electron chi connectivity index (χ1n) is 8.19. The SMILES string of the molecule is O=c1[nH]c(C2=NCCCC2)nc2c1CN(Cc1ccsc1)CC2. The predicted octanol–water partition coefficient (Wildman–Crippen LogP) is 2.36. The number of aliphatic imine (C=N–C) groups is 1. The van der Waals surface area contributed by atoms with Gasteiger partial charge in [-0.25, -0.2) is 4.98 Å². The summed E-state index contributed by atoms with van der Waals surface area (Å²) in [5, 5.41) is 4.26. The summed E-state index contributed by atoms with van der Waals surface area (Å²) in [5.41, 5.74) is 4.08. The zero-order valence-electron chi connectivity index (χ0n) is 13.0. The van der Waals surface area contributed by atoms with Gasteiger partial charge in [0.15, 0.2) is 5.82 Å². The van der Waals surface area contributed by atoms with E-state index in [0.717, 1.165) is 62.3 Å². The maximum absolute atomic E-state index is 12.5. The van der Waals surface area contributed by atoms with E-state index in [2.05, 4.69) is 31.7 Å². The molecule has 2 aromatic rings. The molecule has 0 aromatic carbocycles. The average molecular weight is 328 g/mol. The van der Waals surface area contributed by atoms with Gasteiger partial charge in [-0.1, -0.05) is 0 Å². The molecule has 5 nitrogen and oxygen atoms in total. The summed E-state index contributed by atoms with van der Waals surface area (Å²) < 4.78 is 0. The number of aromatic amines is 1. The van der Waals surface area contributed by atoms with Crippen LogP contribution in [0.4, 0.5) is 0 Å². The lowest BCUT2D eigenvalue weighted by Crippen LogP contribution is -2.36. The Labute approximate surface area is 139 Å². The molecule has 0 atom stereocenters. The van der Waals surface area contributed by atoms with E-state index in [1.807, 2.05) is 0 Å². The lowest BCUT2D eigenvalue weighted by molar-refractivity contribution is 0.242. The molecular weight excluding hydrogens is 308 g/mol. The molecule has 0 aliphatic carbocycles. The fourth-order valence-corrected chi connectivity index (χ4v) is 3.94. The first-order chi connectivity index (χ1) is 11.3. The number of nitrogens with zero attached hydrogens (tertiary/aromatic N) is 3. The molecule has 0 spiro atoms. The summed E-state index contributed by atoms with van der Waals surface area (Å²) in [6.07, 6.45) is 4.03. The van der Waals surface area contributed by atoms with E-state index in [1.54, 1.807) is 11.3 Å². The second kappa shape index (κ2) is 6.37. The van der Waals surface area contributed by atoms with E-state index in [4.69, 9.17) is 4.98 Å². The first kappa shape index (κ1) is 14.8. The number of thiophene rings is 1. The van der Waals surface area contributed by atoms with Gasteiger partial charge >= 0.3 is 0 Å². The minimum absolute atomic E-state index is 0.00768. The molecule has 23 heavy (non-hydrogen) atoms. The molecular formula is C17H20N4OS. The van der Waals surface area contributed by atoms with Crippen molar-refractivity contribution in [3.63, 3.8) is 0 Å². The maximum atomic E-state index is 12.5. The summed E-state index contributed by atoms with van der Waals surface area (Å²) in [5.74, 6) is 0.694. The molecule has 4 rings (SSSR count). The molecule has 0 amide bonds. The van der Waals surface area contributed by atoms with Crippen molar-refractivity contribution in [3.8, 4) is 0 Å². The number of hydrogen-bond acceptors (Lipinski definition) is 5. The van der Waals surface area contributed by atoms with Crippen molar-refractivity contribution in [2.75, 3.05) is 13.1 Å². The Kier molecular flexibility index (Phi) is 4.10. The highest BCUT2D eigenvalue weighted by molar-refractivity contribution is 7.07. The van der Waals surface area contributed by atoms with Gasteiger partial charge in [0.05, 0.1) is 17.0 Å². The third-order valence-electron chi connectivity index (χ3n) is 4.53. The minimum Gasteiger partial charge on any atom is -0.305 e. The Morgan fingerprint density at radius 3 is 3.04 bits per heavy atom. The Morgan fingerprint density at radius 1 is 1.30 bits per heavy atom. The zero-order valence-corrected chi connectivity index (χ0v) is 13.9. The molecule has 0 saturated carbocycles. The molecule has 2 aliphatic rings. The van der Waals surface area contributed by atoms with Crippen LogP contribution in [0.3, 0.4) is 0 Å². The lowest BCUT2D eigenvalue weighted by Gasteiger charge is -2.27. The standard InChI is InChI=1S/C17H20N4OS/c22-17-13-10-21(9-12-5-8-23-11-12)7-4-14(13)19-16(20-17)15-3-1-2-6-18-15/h5,8,11H,1-4,6-7,9-10H2,(H,19,20,22). The number of hydrogen-bond donors (Lipinski definition) is 1. The monoisotopic (exact) mass is 328 g/mol. The highest BCUT2D eigenvalue weighted by atomic mass is 32.1. The third-order valence-corrected chi connectivity index (χ3v) is 5.26. The van der Waals surface area contributed by atoms with Crippen LogP contribution in [0.25, 0.3) is 0 Å². The quantitative estimate of drug-likeness (QED) is 0.941. The van der Waals surface area contributed by atoms with Crippen LogP contribution in [0.1, 0.15) is 41.9 Å². The van der Waals surface area contributed by atoms with Gasteiger partial charge in [-0.3, -0.25) is 14.7 Å². The number of aromatic nitrogens is 2. The molecule has 0 unspecified atom stereocenters. The summed E-state index contributed by atoms with van der Waals surface area (Å²) in [7, 11) is 0. The number of H-pyrrole nitrogens is 1. The van der Waals surface area contributed by atoms with E-state index in [0.29, 0.717) is 12.4 Å². The second-order valence-electron chi connectivity index (χ2n) is 6.22. The van der Waals surface area contributed by atoms with Crippen LogP contribution in [-0.4, -0.2) is 33.7 Å². The fourth-order valence-electron chi connectivity index (χ4n) is 3.28. The Morgan fingerprint density at radius 2 is 2.26 bits per heavy atom. The Bertz CT molecular complexity index is 778. The Hall–Kier alpha value is -1.79. The van der Waals surface area contributed by atoms with E-state index in [-0.39, 0.29) is 5.56 Å². The van der Waals surface area contributed by atoms with Crippen LogP contribution in [0.15, 0.2) is 26.6 Å². The zero-order chi connectivity index (χ0) is 15.6. The van der Waals surface area contributed by atoms with Crippen LogP contribution in [0, 0.1) is 0 Å². The van der Waals surface area contributed by atoms with Gasteiger partial charge in [0.25, 0.3) is 5.56 Å². The van der Waals surface area contributed by atoms with E-state index < -0.39 is 0 Å². The van der Waals surface area contributed by atoms with Crippen molar-refractivity contribution in [3.05, 3.63) is 49.8 Å². The predicted molar refractivity (Wildman–Crippen MR) is 92.2 cm³/mol. The third kappa shape index (κ3) is 3.14. The van der Waals surface area contributed by atoms with Gasteiger partial charge in [0, 0.05) is 32.6 Å². The lowest BCUT2D eigenvalue weighted by atomic mass is 10.0. The molecule has 6 heteroatoms. The minimum atomic E-state index is 0.00768. The van der Waals surface area contributed by atoms with E-state index in [1.165, 1.54) is 5.56 Å². The molecule has 4 heterocycles. The Balaban J connectivity index is 1.58. The van der Waals surface area contributed by atoms with Crippen molar-refractivity contribution in [2.45, 2.75) is 38.8 Å². The first-order valence-corrected chi connectivity index (χ1v) is 9.13. The van der Waals surface area contributed by atoms with Crippen LogP contribution in [0.2, 0.25) is 0 Å². The van der Waals surface area contributed by atoms with Crippen molar-refractivity contribution in [1.29, 1.82) is 0 Å². The molecule has 0 radical (unpaired) electrons. The van der Waals surface area contributed by atoms with Crippen LogP contribution in [-0.2, 0) is 19.5 Å². The summed E-state index contributed by atoms with van der Waals surface area (Å²) in [6.45, 7) is 3.38. The molecule has 0 saturated heterocycles. The van der Waals surface area contributed by atoms with Gasteiger partial charge in [-0.05, 0) is 41.7 Å². The normalized spacial score (nSPS) is 18.5. The smallest absolute Gasteiger partial charge is 0.255 e. The van der Waals surface area contributed by atoms with E-state index in [9.17, 15) is 4.79 Å². The number of fused-ring (bicyclic) bond motifs is 1. The topological polar surface area (TPSA) is 61.4 Å². The molecule has 1 N–H and O–H groups in total. The second-order valence-corrected chi connectivity index (χ2v) is 7.00. The average Bonchev–Trinajstić information content (AvgIpc) is 3.09. The maximum Gasteiger partial charge on any atom is 0.255 e. The van der Waals surface area contributed by atoms with Gasteiger partial charge in [-0.15, -0.1) is 0 Å². The van der Waals surface area contributed by atoms with Gasteiger partial charge in [0.1, 0.15) is 0 Å². The molecule has 2 aromatic heterocycles. The summed E-state index contributed by atoms with van der Waals surface area (Å²) in [6, 6.07) is 2.15. The largest absolute Gasteiger partial charge is 0.305 e. The van der Waals surface area contributed by atoms with Crippen molar-refractivity contribution >= 4 is 17.0 Å². The van der Waals surface area contributed by atoms with Crippen LogP contribution >= 0.6 is 11.3 Å². The van der Waals surface area contributed by atoms with Crippen molar-refractivity contribution < 1.29 is 0 Å². The molecule has 0 fully saturated rings.